The first-order chi connectivity index (χ1) is 9.60. The van der Waals surface area contributed by atoms with E-state index in [4.69, 9.17) is 10.5 Å². The molecular weight excluding hydrogens is 246 g/mol. The van der Waals surface area contributed by atoms with Gasteiger partial charge in [-0.1, -0.05) is 55.5 Å². The quantitative estimate of drug-likeness (QED) is 0.870. The second kappa shape index (κ2) is 7.24. The van der Waals surface area contributed by atoms with E-state index < -0.39 is 0 Å². The number of hydrogen-bond acceptors (Lipinski definition) is 2. The fraction of sp³-hybridized carbons (Fsp3) is 0.667. The van der Waals surface area contributed by atoms with Gasteiger partial charge in [-0.2, -0.15) is 0 Å². The van der Waals surface area contributed by atoms with Crippen molar-refractivity contribution in [3.8, 4) is 0 Å². The molecule has 1 aliphatic rings. The molecule has 2 heteroatoms. The Labute approximate surface area is 123 Å². The highest BCUT2D eigenvalue weighted by Gasteiger charge is 2.24. The number of rotatable bonds is 5. The maximum absolute atomic E-state index is 6.31. The van der Waals surface area contributed by atoms with Crippen LogP contribution in [0.25, 0.3) is 0 Å². The van der Waals surface area contributed by atoms with Crippen LogP contribution in [0.3, 0.4) is 0 Å². The van der Waals surface area contributed by atoms with E-state index in [1.807, 2.05) is 0 Å². The Bertz CT molecular complexity index is 409. The lowest BCUT2D eigenvalue weighted by Crippen LogP contribution is -2.30. The molecule has 0 aliphatic heterocycles. The van der Waals surface area contributed by atoms with Crippen LogP contribution in [0.2, 0.25) is 0 Å². The van der Waals surface area contributed by atoms with Crippen molar-refractivity contribution in [2.75, 3.05) is 6.61 Å². The minimum atomic E-state index is -0.00645. The van der Waals surface area contributed by atoms with Crippen molar-refractivity contribution >= 4 is 0 Å². The van der Waals surface area contributed by atoms with Gasteiger partial charge >= 0.3 is 0 Å². The second-order valence-corrected chi connectivity index (χ2v) is 6.35. The summed E-state index contributed by atoms with van der Waals surface area (Å²) in [7, 11) is 0. The topological polar surface area (TPSA) is 35.2 Å². The minimum Gasteiger partial charge on any atom is -0.376 e. The van der Waals surface area contributed by atoms with Crippen LogP contribution in [0.5, 0.6) is 0 Å². The molecule has 2 rings (SSSR count). The predicted molar refractivity (Wildman–Crippen MR) is 84.8 cm³/mol. The van der Waals surface area contributed by atoms with E-state index >= 15 is 0 Å². The molecule has 112 valence electrons. The number of benzene rings is 1. The van der Waals surface area contributed by atoms with Crippen LogP contribution in [0.4, 0.5) is 0 Å². The van der Waals surface area contributed by atoms with Gasteiger partial charge in [-0.3, -0.25) is 0 Å². The van der Waals surface area contributed by atoms with Crippen molar-refractivity contribution in [3.63, 3.8) is 0 Å². The molecule has 1 aromatic rings. The second-order valence-electron chi connectivity index (χ2n) is 6.35. The number of ether oxygens (including phenoxy) is 1. The van der Waals surface area contributed by atoms with E-state index in [9.17, 15) is 0 Å². The Hall–Kier alpha value is -0.860. The largest absolute Gasteiger partial charge is 0.376 e. The SMILES string of the molecule is CCC1CCCCC1OCC(N)c1cc(C)cc(C)c1. The summed E-state index contributed by atoms with van der Waals surface area (Å²) in [5, 5.41) is 0. The van der Waals surface area contributed by atoms with E-state index in [2.05, 4.69) is 39.0 Å². The van der Waals surface area contributed by atoms with Crippen molar-refractivity contribution in [1.29, 1.82) is 0 Å². The lowest BCUT2D eigenvalue weighted by Gasteiger charge is -2.31. The summed E-state index contributed by atoms with van der Waals surface area (Å²) in [6, 6.07) is 6.54. The molecule has 0 amide bonds. The van der Waals surface area contributed by atoms with Crippen LogP contribution in [0.15, 0.2) is 18.2 Å². The Morgan fingerprint density at radius 1 is 1.15 bits per heavy atom. The van der Waals surface area contributed by atoms with Gasteiger partial charge in [0.2, 0.25) is 0 Å². The fourth-order valence-corrected chi connectivity index (χ4v) is 3.41. The molecule has 0 bridgehead atoms. The van der Waals surface area contributed by atoms with Gasteiger partial charge in [0.15, 0.2) is 0 Å². The Morgan fingerprint density at radius 3 is 2.45 bits per heavy atom. The fourth-order valence-electron chi connectivity index (χ4n) is 3.41. The monoisotopic (exact) mass is 275 g/mol. The first kappa shape index (κ1) is 15.5. The van der Waals surface area contributed by atoms with Gasteiger partial charge < -0.3 is 10.5 Å². The van der Waals surface area contributed by atoms with E-state index in [1.54, 1.807) is 0 Å². The highest BCUT2D eigenvalue weighted by atomic mass is 16.5. The zero-order chi connectivity index (χ0) is 14.5. The van der Waals surface area contributed by atoms with Crippen molar-refractivity contribution in [3.05, 3.63) is 34.9 Å². The first-order valence-electron chi connectivity index (χ1n) is 8.05. The van der Waals surface area contributed by atoms with Gasteiger partial charge in [-0.25, -0.2) is 0 Å². The molecule has 0 aromatic heterocycles. The number of hydrogen-bond donors (Lipinski definition) is 1. The van der Waals surface area contributed by atoms with Gasteiger partial charge in [0.1, 0.15) is 0 Å². The van der Waals surface area contributed by atoms with Gasteiger partial charge in [0, 0.05) is 0 Å². The third-order valence-corrected chi connectivity index (χ3v) is 4.53. The highest BCUT2D eigenvalue weighted by Crippen LogP contribution is 2.29. The van der Waals surface area contributed by atoms with Gasteiger partial charge in [0.25, 0.3) is 0 Å². The lowest BCUT2D eigenvalue weighted by molar-refractivity contribution is -0.0180. The average Bonchev–Trinajstić information content (AvgIpc) is 2.44. The smallest absolute Gasteiger partial charge is 0.0663 e. The first-order valence-corrected chi connectivity index (χ1v) is 8.05. The number of nitrogens with two attached hydrogens (primary N) is 1. The van der Waals surface area contributed by atoms with Crippen molar-refractivity contribution in [2.24, 2.45) is 11.7 Å². The van der Waals surface area contributed by atoms with Crippen molar-refractivity contribution in [1.82, 2.24) is 0 Å². The molecule has 1 fully saturated rings. The molecule has 1 aromatic carbocycles. The Kier molecular flexibility index (Phi) is 5.62. The van der Waals surface area contributed by atoms with E-state index in [0.29, 0.717) is 12.7 Å². The Morgan fingerprint density at radius 2 is 1.80 bits per heavy atom. The summed E-state index contributed by atoms with van der Waals surface area (Å²) in [6.45, 7) is 7.16. The Balaban J connectivity index is 1.92. The van der Waals surface area contributed by atoms with Crippen LogP contribution in [0, 0.1) is 19.8 Å². The van der Waals surface area contributed by atoms with E-state index in [0.717, 1.165) is 5.92 Å². The van der Waals surface area contributed by atoms with Gasteiger partial charge in [-0.05, 0) is 38.2 Å². The molecule has 3 atom stereocenters. The summed E-state index contributed by atoms with van der Waals surface area (Å²) in [4.78, 5) is 0. The predicted octanol–water partition coefficient (Wildman–Crippen LogP) is 4.29. The van der Waals surface area contributed by atoms with Crippen LogP contribution < -0.4 is 5.73 Å². The van der Waals surface area contributed by atoms with Gasteiger partial charge in [-0.15, -0.1) is 0 Å². The van der Waals surface area contributed by atoms with Crippen LogP contribution in [-0.4, -0.2) is 12.7 Å². The van der Waals surface area contributed by atoms with Crippen molar-refractivity contribution in [2.45, 2.75) is 65.0 Å². The van der Waals surface area contributed by atoms with Crippen LogP contribution >= 0.6 is 0 Å². The maximum Gasteiger partial charge on any atom is 0.0663 e. The maximum atomic E-state index is 6.31. The molecular formula is C18H29NO. The lowest BCUT2D eigenvalue weighted by atomic mass is 9.85. The summed E-state index contributed by atoms with van der Waals surface area (Å²) in [5.74, 6) is 0.732. The zero-order valence-corrected chi connectivity index (χ0v) is 13.2. The molecule has 0 saturated heterocycles. The molecule has 2 N–H and O–H groups in total. The molecule has 20 heavy (non-hydrogen) atoms. The summed E-state index contributed by atoms with van der Waals surface area (Å²) >= 11 is 0. The molecule has 0 radical (unpaired) electrons. The highest BCUT2D eigenvalue weighted by molar-refractivity contribution is 5.30. The zero-order valence-electron chi connectivity index (χ0n) is 13.2. The molecule has 2 nitrogen and oxygen atoms in total. The van der Waals surface area contributed by atoms with Gasteiger partial charge in [0.05, 0.1) is 18.8 Å². The molecule has 1 aliphatic carbocycles. The normalized spacial score (nSPS) is 24.6. The molecule has 1 saturated carbocycles. The molecule has 3 unspecified atom stereocenters. The summed E-state index contributed by atoms with van der Waals surface area (Å²) < 4.78 is 6.16. The third-order valence-electron chi connectivity index (χ3n) is 4.53. The van der Waals surface area contributed by atoms with Crippen LogP contribution in [-0.2, 0) is 4.74 Å². The summed E-state index contributed by atoms with van der Waals surface area (Å²) in [6.07, 6.45) is 6.84. The third kappa shape index (κ3) is 4.07. The standard InChI is InChI=1S/C18H29NO/c1-4-15-7-5-6-8-18(15)20-12-17(19)16-10-13(2)9-14(3)11-16/h9-11,15,17-18H,4-8,12,19H2,1-3H3. The van der Waals surface area contributed by atoms with E-state index in [-0.39, 0.29) is 6.04 Å². The van der Waals surface area contributed by atoms with Crippen LogP contribution in [0.1, 0.15) is 61.8 Å². The van der Waals surface area contributed by atoms with Crippen molar-refractivity contribution < 1.29 is 4.74 Å². The summed E-state index contributed by atoms with van der Waals surface area (Å²) in [5.41, 5.74) is 10.1. The van der Waals surface area contributed by atoms with E-state index in [1.165, 1.54) is 48.8 Å². The average molecular weight is 275 g/mol. The number of aryl methyl sites for hydroxylation is 2. The molecule has 0 heterocycles. The minimum absolute atomic E-state index is 0.00645. The molecule has 0 spiro atoms.